The number of hydrogen-bond acceptors (Lipinski definition) is 2. The van der Waals surface area contributed by atoms with Crippen molar-refractivity contribution in [3.8, 4) is 5.69 Å². The number of benzene rings is 1. The van der Waals surface area contributed by atoms with Gasteiger partial charge < -0.3 is 5.32 Å². The highest BCUT2D eigenvalue weighted by atomic mass is 79.9. The van der Waals surface area contributed by atoms with E-state index in [1.54, 1.807) is 10.8 Å². The normalized spacial score (nSPS) is 19.2. The van der Waals surface area contributed by atoms with Crippen LogP contribution >= 0.6 is 15.9 Å². The van der Waals surface area contributed by atoms with Gasteiger partial charge in [0.1, 0.15) is 11.6 Å². The van der Waals surface area contributed by atoms with E-state index in [9.17, 15) is 8.78 Å². The number of aromatic nitrogens is 2. The highest BCUT2D eigenvalue weighted by Crippen LogP contribution is 2.28. The fourth-order valence-electron chi connectivity index (χ4n) is 2.61. The van der Waals surface area contributed by atoms with E-state index in [2.05, 4.69) is 26.2 Å². The molecule has 6 heteroatoms. The molecular formula is C14H14BrF2N3. The number of hydrogen-bond donors (Lipinski definition) is 1. The zero-order chi connectivity index (χ0) is 14.1. The van der Waals surface area contributed by atoms with Gasteiger partial charge in [-0.3, -0.25) is 4.57 Å². The largest absolute Gasteiger partial charge is 0.316 e. The quantitative estimate of drug-likeness (QED) is 0.848. The maximum absolute atomic E-state index is 14.1. The Balaban J connectivity index is 2.03. The lowest BCUT2D eigenvalue weighted by molar-refractivity contribution is 0.449. The van der Waals surface area contributed by atoms with Crippen LogP contribution in [0.3, 0.4) is 0 Å². The van der Waals surface area contributed by atoms with E-state index >= 15 is 0 Å². The fourth-order valence-corrected chi connectivity index (χ4v) is 2.93. The SMILES string of the molecule is Fc1cc(-n2cncc2C2CCCNC2)c(F)cc1Br. The molecule has 1 N–H and O–H groups in total. The van der Waals surface area contributed by atoms with Crippen molar-refractivity contribution < 1.29 is 8.78 Å². The summed E-state index contributed by atoms with van der Waals surface area (Å²) in [4.78, 5) is 4.10. The molecule has 1 aliphatic heterocycles. The van der Waals surface area contributed by atoms with E-state index in [0.717, 1.165) is 37.7 Å². The highest BCUT2D eigenvalue weighted by molar-refractivity contribution is 9.10. The van der Waals surface area contributed by atoms with Crippen LogP contribution in [0.5, 0.6) is 0 Å². The zero-order valence-electron chi connectivity index (χ0n) is 10.7. The fraction of sp³-hybridized carbons (Fsp3) is 0.357. The molecule has 0 aliphatic carbocycles. The number of piperidine rings is 1. The molecular weight excluding hydrogens is 328 g/mol. The number of nitrogens with one attached hydrogen (secondary N) is 1. The van der Waals surface area contributed by atoms with Gasteiger partial charge in [-0.2, -0.15) is 0 Å². The van der Waals surface area contributed by atoms with Gasteiger partial charge in [0, 0.05) is 30.4 Å². The number of nitrogens with zero attached hydrogens (tertiary/aromatic N) is 2. The highest BCUT2D eigenvalue weighted by Gasteiger charge is 2.21. The molecule has 1 saturated heterocycles. The molecule has 20 heavy (non-hydrogen) atoms. The summed E-state index contributed by atoms with van der Waals surface area (Å²) in [5, 5.41) is 3.32. The van der Waals surface area contributed by atoms with E-state index in [-0.39, 0.29) is 16.1 Å². The van der Waals surface area contributed by atoms with Crippen LogP contribution < -0.4 is 5.32 Å². The molecule has 1 aliphatic rings. The van der Waals surface area contributed by atoms with Gasteiger partial charge in [-0.15, -0.1) is 0 Å². The molecule has 0 spiro atoms. The Bertz CT molecular complexity index is 621. The Morgan fingerprint density at radius 2 is 2.15 bits per heavy atom. The standard InChI is InChI=1S/C14H14BrF2N3/c15-10-4-12(17)13(5-11(10)16)20-8-19-7-14(20)9-2-1-3-18-6-9/h4-5,7-9,18H,1-3,6H2. The van der Waals surface area contributed by atoms with Gasteiger partial charge in [-0.25, -0.2) is 13.8 Å². The first kappa shape index (κ1) is 13.7. The first-order valence-corrected chi connectivity index (χ1v) is 7.34. The molecule has 1 fully saturated rings. The molecule has 106 valence electrons. The van der Waals surface area contributed by atoms with Crippen LogP contribution in [0.4, 0.5) is 8.78 Å². The van der Waals surface area contributed by atoms with Gasteiger partial charge in [-0.1, -0.05) is 0 Å². The van der Waals surface area contributed by atoms with Gasteiger partial charge in [-0.05, 0) is 41.4 Å². The number of imidazole rings is 1. The van der Waals surface area contributed by atoms with E-state index < -0.39 is 11.6 Å². The lowest BCUT2D eigenvalue weighted by Gasteiger charge is -2.24. The van der Waals surface area contributed by atoms with Gasteiger partial charge in [0.25, 0.3) is 0 Å². The second-order valence-electron chi connectivity index (χ2n) is 4.95. The molecule has 0 amide bonds. The van der Waals surface area contributed by atoms with Gasteiger partial charge >= 0.3 is 0 Å². The average molecular weight is 342 g/mol. The molecule has 2 heterocycles. The van der Waals surface area contributed by atoms with Gasteiger partial charge in [0.2, 0.25) is 0 Å². The zero-order valence-corrected chi connectivity index (χ0v) is 12.3. The number of halogens is 3. The smallest absolute Gasteiger partial charge is 0.148 e. The summed E-state index contributed by atoms with van der Waals surface area (Å²) >= 11 is 2.99. The van der Waals surface area contributed by atoms with Crippen molar-refractivity contribution in [3.05, 3.63) is 46.5 Å². The van der Waals surface area contributed by atoms with Crippen molar-refractivity contribution in [3.63, 3.8) is 0 Å². The van der Waals surface area contributed by atoms with Crippen molar-refractivity contribution in [2.24, 2.45) is 0 Å². The van der Waals surface area contributed by atoms with Crippen molar-refractivity contribution in [1.82, 2.24) is 14.9 Å². The molecule has 3 nitrogen and oxygen atoms in total. The molecule has 1 atom stereocenters. The molecule has 1 aromatic carbocycles. The monoisotopic (exact) mass is 341 g/mol. The lowest BCUT2D eigenvalue weighted by Crippen LogP contribution is -2.29. The molecule has 1 aromatic heterocycles. The Hall–Kier alpha value is -1.27. The summed E-state index contributed by atoms with van der Waals surface area (Å²) in [6.07, 6.45) is 5.37. The van der Waals surface area contributed by atoms with Crippen LogP contribution in [0.15, 0.2) is 29.1 Å². The van der Waals surface area contributed by atoms with Crippen molar-refractivity contribution >= 4 is 15.9 Å². The van der Waals surface area contributed by atoms with E-state index in [0.29, 0.717) is 0 Å². The van der Waals surface area contributed by atoms with Crippen LogP contribution in [-0.2, 0) is 0 Å². The second kappa shape index (κ2) is 5.61. The minimum Gasteiger partial charge on any atom is -0.316 e. The van der Waals surface area contributed by atoms with Crippen LogP contribution in [-0.4, -0.2) is 22.6 Å². The van der Waals surface area contributed by atoms with Gasteiger partial charge in [0.15, 0.2) is 0 Å². The van der Waals surface area contributed by atoms with Crippen LogP contribution in [0.25, 0.3) is 5.69 Å². The summed E-state index contributed by atoms with van der Waals surface area (Å²) in [5.41, 5.74) is 1.11. The van der Waals surface area contributed by atoms with Crippen LogP contribution in [0, 0.1) is 11.6 Å². The lowest BCUT2D eigenvalue weighted by atomic mass is 9.96. The maximum atomic E-state index is 14.1. The predicted octanol–water partition coefficient (Wildman–Crippen LogP) is 3.38. The Morgan fingerprint density at radius 1 is 1.30 bits per heavy atom. The van der Waals surface area contributed by atoms with E-state index in [4.69, 9.17) is 0 Å². The third-order valence-electron chi connectivity index (χ3n) is 3.63. The molecule has 2 aromatic rings. The Labute approximate surface area is 124 Å². The summed E-state index contributed by atoms with van der Waals surface area (Å²) < 4.78 is 29.5. The predicted molar refractivity (Wildman–Crippen MR) is 76.0 cm³/mol. The summed E-state index contributed by atoms with van der Waals surface area (Å²) in [7, 11) is 0. The molecule has 0 radical (unpaired) electrons. The topological polar surface area (TPSA) is 29.9 Å². The van der Waals surface area contributed by atoms with Crippen molar-refractivity contribution in [2.45, 2.75) is 18.8 Å². The van der Waals surface area contributed by atoms with Crippen LogP contribution in [0.1, 0.15) is 24.5 Å². The summed E-state index contributed by atoms with van der Waals surface area (Å²) in [5.74, 6) is -0.679. The van der Waals surface area contributed by atoms with Crippen molar-refractivity contribution in [1.29, 1.82) is 0 Å². The first-order chi connectivity index (χ1) is 9.66. The Kier molecular flexibility index (Phi) is 3.85. The molecule has 1 unspecified atom stereocenters. The van der Waals surface area contributed by atoms with Crippen molar-refractivity contribution in [2.75, 3.05) is 13.1 Å². The van der Waals surface area contributed by atoms with Crippen LogP contribution in [0.2, 0.25) is 0 Å². The third-order valence-corrected chi connectivity index (χ3v) is 4.24. The minimum atomic E-state index is -0.484. The average Bonchev–Trinajstić information content (AvgIpc) is 2.93. The second-order valence-corrected chi connectivity index (χ2v) is 5.80. The van der Waals surface area contributed by atoms with Gasteiger partial charge in [0.05, 0.1) is 16.5 Å². The Morgan fingerprint density at radius 3 is 2.90 bits per heavy atom. The summed E-state index contributed by atoms with van der Waals surface area (Å²) in [6.45, 7) is 1.85. The maximum Gasteiger partial charge on any atom is 0.148 e. The number of rotatable bonds is 2. The van der Waals surface area contributed by atoms with E-state index in [1.165, 1.54) is 12.4 Å². The molecule has 0 bridgehead atoms. The third kappa shape index (κ3) is 2.50. The van der Waals surface area contributed by atoms with E-state index in [1.807, 2.05) is 0 Å². The summed E-state index contributed by atoms with van der Waals surface area (Å²) in [6, 6.07) is 2.34. The minimum absolute atomic E-state index is 0.125. The molecule has 0 saturated carbocycles. The molecule has 3 rings (SSSR count). The first-order valence-electron chi connectivity index (χ1n) is 6.54.